The van der Waals surface area contributed by atoms with Crippen LogP contribution >= 0.6 is 0 Å². The average Bonchev–Trinajstić information content (AvgIpc) is 2.83. The number of rotatable bonds is 6. The first kappa shape index (κ1) is 29.7. The molecule has 0 unspecified atom stereocenters. The summed E-state index contributed by atoms with van der Waals surface area (Å²) in [5.74, 6) is -2.31. The van der Waals surface area contributed by atoms with Crippen LogP contribution in [0.15, 0.2) is 42.7 Å². The van der Waals surface area contributed by atoms with Crippen molar-refractivity contribution in [1.82, 2.24) is 14.8 Å². The van der Waals surface area contributed by atoms with Gasteiger partial charge in [0.25, 0.3) is 5.91 Å². The second-order valence-electron chi connectivity index (χ2n) is 9.58. The Labute approximate surface area is 221 Å². The molecular formula is C25H33F3N4O5S. The summed E-state index contributed by atoms with van der Waals surface area (Å²) in [7, 11) is -1.58. The van der Waals surface area contributed by atoms with Gasteiger partial charge < -0.3 is 14.4 Å². The molecule has 0 fully saturated rings. The summed E-state index contributed by atoms with van der Waals surface area (Å²) >= 11 is 0. The van der Waals surface area contributed by atoms with Crippen molar-refractivity contribution >= 4 is 21.6 Å². The SMILES string of the molecule is CO[C@H]1CN(C)C(=O)c2cc(NS(=O)(=O)CC(F)(F)F)ccc2OC[C@H](C)N(Cc2cccnc2)C[C@H]1C. The summed E-state index contributed by atoms with van der Waals surface area (Å²) in [5.41, 5.74) is 0.873. The summed E-state index contributed by atoms with van der Waals surface area (Å²) in [5, 5.41) is 0. The minimum Gasteiger partial charge on any atom is -0.491 e. The van der Waals surface area contributed by atoms with Gasteiger partial charge in [-0.1, -0.05) is 13.0 Å². The van der Waals surface area contributed by atoms with Crippen LogP contribution in [0.5, 0.6) is 5.75 Å². The summed E-state index contributed by atoms with van der Waals surface area (Å²) in [6, 6.07) is 7.60. The number of anilines is 1. The number of nitrogens with one attached hydrogen (secondary N) is 1. The molecular weight excluding hydrogens is 525 g/mol. The number of ether oxygens (including phenoxy) is 2. The average molecular weight is 559 g/mol. The fourth-order valence-corrected chi connectivity index (χ4v) is 5.28. The van der Waals surface area contributed by atoms with Crippen LogP contribution in [0.25, 0.3) is 0 Å². The fraction of sp³-hybridized carbons (Fsp3) is 0.520. The molecule has 1 aromatic heterocycles. The third-order valence-corrected chi connectivity index (χ3v) is 7.56. The van der Waals surface area contributed by atoms with Gasteiger partial charge in [0, 0.05) is 57.9 Å². The number of carbonyl (C=O) groups excluding carboxylic acids is 1. The first-order chi connectivity index (χ1) is 17.8. The van der Waals surface area contributed by atoms with Gasteiger partial charge in [-0.25, -0.2) is 8.42 Å². The number of sulfonamides is 1. The van der Waals surface area contributed by atoms with Crippen molar-refractivity contribution in [3.63, 3.8) is 0 Å². The highest BCUT2D eigenvalue weighted by Gasteiger charge is 2.35. The van der Waals surface area contributed by atoms with Crippen LogP contribution in [0.1, 0.15) is 29.8 Å². The topological polar surface area (TPSA) is 101 Å². The van der Waals surface area contributed by atoms with E-state index in [1.165, 1.54) is 23.1 Å². The second kappa shape index (κ2) is 12.3. The summed E-state index contributed by atoms with van der Waals surface area (Å²) in [4.78, 5) is 21.2. The summed E-state index contributed by atoms with van der Waals surface area (Å²) < 4.78 is 75.7. The Balaban J connectivity index is 1.94. The number of fused-ring (bicyclic) bond motifs is 1. The summed E-state index contributed by atoms with van der Waals surface area (Å²) in [6.45, 7) is 5.73. The predicted molar refractivity (Wildman–Crippen MR) is 136 cm³/mol. The van der Waals surface area contributed by atoms with Crippen LogP contribution in [-0.2, 0) is 21.3 Å². The van der Waals surface area contributed by atoms with Crippen molar-refractivity contribution in [2.45, 2.75) is 38.7 Å². The lowest BCUT2D eigenvalue weighted by Crippen LogP contribution is -2.46. The first-order valence-electron chi connectivity index (χ1n) is 12.0. The third kappa shape index (κ3) is 8.30. The van der Waals surface area contributed by atoms with Crippen LogP contribution in [-0.4, -0.2) is 87.0 Å². The number of likely N-dealkylation sites (N-methyl/N-ethyl adjacent to an activating group) is 1. The number of benzene rings is 1. The van der Waals surface area contributed by atoms with Gasteiger partial charge >= 0.3 is 6.18 Å². The van der Waals surface area contributed by atoms with Crippen molar-refractivity contribution in [2.75, 3.05) is 44.3 Å². The Morgan fingerprint density at radius 1 is 1.21 bits per heavy atom. The predicted octanol–water partition coefficient (Wildman–Crippen LogP) is 3.39. The van der Waals surface area contributed by atoms with E-state index in [1.807, 2.05) is 30.7 Å². The molecule has 3 rings (SSSR count). The summed E-state index contributed by atoms with van der Waals surface area (Å²) in [6.07, 6.45) is -1.72. The van der Waals surface area contributed by atoms with Gasteiger partial charge in [-0.3, -0.25) is 19.4 Å². The van der Waals surface area contributed by atoms with E-state index in [2.05, 4.69) is 9.88 Å². The van der Waals surface area contributed by atoms with Crippen molar-refractivity contribution in [3.8, 4) is 5.75 Å². The van der Waals surface area contributed by atoms with E-state index in [0.717, 1.165) is 5.56 Å². The molecule has 0 radical (unpaired) electrons. The molecule has 0 saturated heterocycles. The van der Waals surface area contributed by atoms with Gasteiger partial charge in [0.2, 0.25) is 10.0 Å². The molecule has 2 aromatic rings. The van der Waals surface area contributed by atoms with Crippen LogP contribution in [0.3, 0.4) is 0 Å². The van der Waals surface area contributed by atoms with E-state index in [-0.39, 0.29) is 48.2 Å². The number of hydrogen-bond donors (Lipinski definition) is 1. The van der Waals surface area contributed by atoms with Gasteiger partial charge in [0.15, 0.2) is 5.75 Å². The van der Waals surface area contributed by atoms with Crippen LogP contribution in [0.4, 0.5) is 18.9 Å². The number of pyridine rings is 1. The van der Waals surface area contributed by atoms with E-state index < -0.39 is 27.9 Å². The molecule has 1 aliphatic rings. The van der Waals surface area contributed by atoms with Crippen LogP contribution < -0.4 is 9.46 Å². The van der Waals surface area contributed by atoms with E-state index in [1.54, 1.807) is 26.6 Å². The molecule has 1 N–H and O–H groups in total. The molecule has 9 nitrogen and oxygen atoms in total. The van der Waals surface area contributed by atoms with Gasteiger partial charge in [0.05, 0.1) is 11.7 Å². The third-order valence-electron chi connectivity index (χ3n) is 6.31. The molecule has 210 valence electrons. The molecule has 0 spiro atoms. The monoisotopic (exact) mass is 558 g/mol. The number of halogens is 3. The lowest BCUT2D eigenvalue weighted by atomic mass is 10.0. The smallest absolute Gasteiger partial charge is 0.404 e. The molecule has 0 saturated carbocycles. The molecule has 0 bridgehead atoms. The van der Waals surface area contributed by atoms with Crippen LogP contribution in [0.2, 0.25) is 0 Å². The molecule has 38 heavy (non-hydrogen) atoms. The number of hydrogen-bond acceptors (Lipinski definition) is 7. The zero-order valence-electron chi connectivity index (χ0n) is 21.7. The van der Waals surface area contributed by atoms with E-state index >= 15 is 0 Å². The molecule has 3 atom stereocenters. The fourth-order valence-electron chi connectivity index (χ4n) is 4.29. The number of aromatic nitrogens is 1. The second-order valence-corrected chi connectivity index (χ2v) is 11.3. The first-order valence-corrected chi connectivity index (χ1v) is 13.7. The van der Waals surface area contributed by atoms with Crippen molar-refractivity contribution in [3.05, 3.63) is 53.9 Å². The standard InChI is InChI=1S/C25H33F3N4O5S/c1-17-12-32(13-19-6-5-9-29-11-19)18(2)15-37-22-8-7-20(30-38(34,35)16-25(26,27)28)10-21(22)24(33)31(3)14-23(17)36-4/h5-11,17-18,23,30H,12-16H2,1-4H3/t17-,18+,23+/m1/s1. The highest BCUT2D eigenvalue weighted by atomic mass is 32.2. The number of methoxy groups -OCH3 is 1. The van der Waals surface area contributed by atoms with Gasteiger partial charge in [-0.05, 0) is 42.7 Å². The Bertz CT molecular complexity index is 1200. The van der Waals surface area contributed by atoms with Gasteiger partial charge in [-0.15, -0.1) is 0 Å². The normalized spacial score (nSPS) is 22.1. The number of nitrogens with zero attached hydrogens (tertiary/aromatic N) is 3. The number of amides is 1. The quantitative estimate of drug-likeness (QED) is 0.580. The Morgan fingerprint density at radius 2 is 1.95 bits per heavy atom. The van der Waals surface area contributed by atoms with E-state index in [0.29, 0.717) is 13.1 Å². The number of alkyl halides is 3. The van der Waals surface area contributed by atoms with E-state index in [9.17, 15) is 26.4 Å². The van der Waals surface area contributed by atoms with Crippen molar-refractivity contribution in [1.29, 1.82) is 0 Å². The van der Waals surface area contributed by atoms with E-state index in [4.69, 9.17) is 9.47 Å². The molecule has 0 aliphatic carbocycles. The maximum atomic E-state index is 13.4. The Morgan fingerprint density at radius 3 is 2.58 bits per heavy atom. The zero-order chi connectivity index (χ0) is 28.1. The lowest BCUT2D eigenvalue weighted by Gasteiger charge is -2.36. The molecule has 13 heteroatoms. The highest BCUT2D eigenvalue weighted by Crippen LogP contribution is 2.28. The van der Waals surface area contributed by atoms with Gasteiger partial charge in [0.1, 0.15) is 12.4 Å². The minimum absolute atomic E-state index is 0.0220. The lowest BCUT2D eigenvalue weighted by molar-refractivity contribution is -0.106. The largest absolute Gasteiger partial charge is 0.491 e. The number of carbonyl (C=O) groups is 1. The highest BCUT2D eigenvalue weighted by molar-refractivity contribution is 7.92. The van der Waals surface area contributed by atoms with Crippen molar-refractivity contribution < 1.29 is 35.9 Å². The molecule has 1 aliphatic heterocycles. The van der Waals surface area contributed by atoms with Crippen LogP contribution in [0, 0.1) is 5.92 Å². The molecule has 1 amide bonds. The maximum Gasteiger partial charge on any atom is 0.404 e. The zero-order valence-corrected chi connectivity index (χ0v) is 22.6. The Kier molecular flexibility index (Phi) is 9.60. The minimum atomic E-state index is -4.91. The molecule has 1 aromatic carbocycles. The molecule has 2 heterocycles. The van der Waals surface area contributed by atoms with Gasteiger partial charge in [-0.2, -0.15) is 13.2 Å². The maximum absolute atomic E-state index is 13.4. The Hall–Kier alpha value is -2.90. The van der Waals surface area contributed by atoms with Crippen molar-refractivity contribution in [2.24, 2.45) is 5.92 Å².